The van der Waals surface area contributed by atoms with Gasteiger partial charge in [-0.3, -0.25) is 0 Å². The van der Waals surface area contributed by atoms with Crippen molar-refractivity contribution in [2.75, 3.05) is 0 Å². The van der Waals surface area contributed by atoms with E-state index in [1.165, 1.54) is 173 Å². The molecule has 0 bridgehead atoms. The van der Waals surface area contributed by atoms with Crippen LogP contribution in [-0.2, 0) is 38.5 Å². The molecule has 10 aromatic carbocycles. The van der Waals surface area contributed by atoms with Gasteiger partial charge in [0.25, 0.3) is 0 Å². The summed E-state index contributed by atoms with van der Waals surface area (Å²) in [5.41, 5.74) is 29.4. The summed E-state index contributed by atoms with van der Waals surface area (Å²) in [4.78, 5) is 5.21. The molecule has 0 spiro atoms. The number of halogens is 2. The second-order valence-corrected chi connectivity index (χ2v) is 29.6. The molecule has 0 aliphatic heterocycles. The molecular formula is C82H66Br2S4. The topological polar surface area (TPSA) is 0 Å². The second kappa shape index (κ2) is 25.0. The summed E-state index contributed by atoms with van der Waals surface area (Å²) in [6, 6.07) is 82.1. The third kappa shape index (κ3) is 9.95. The van der Waals surface area contributed by atoms with Crippen molar-refractivity contribution in [1.82, 2.24) is 0 Å². The van der Waals surface area contributed by atoms with Gasteiger partial charge in [0.2, 0.25) is 0 Å². The molecule has 432 valence electrons. The standard InChI is InChI=1S/C82H66Br2S4/c1-7-55-69(49-31-19-13-20-32-49)71(51-35-23-15-24-36-51)57(9-3)77(75(55)63-43-45-67(83)85-63)65-47-61-62-48-66(78-58(10-4)72(52-37-25-16-26-38-52)70(50-33-21-14-22-34-50)56(8-2)76(78)64-44-46-68(84)86-64)88-82(62)80-60(12-6)74(54-41-29-18-30-42-54)73(53-39-27-17-28-40-53)59(11-5)79(80)81(61)87-65/h13-48H,7-12H2,1-6H3. The lowest BCUT2D eigenvalue weighted by Crippen LogP contribution is -2.04. The fraction of sp³-hybridized carbons (Fsp3) is 0.146. The molecule has 4 heterocycles. The van der Waals surface area contributed by atoms with Crippen LogP contribution in [0.3, 0.4) is 0 Å². The lowest BCUT2D eigenvalue weighted by atomic mass is 9.78. The molecule has 0 fully saturated rings. The van der Waals surface area contributed by atoms with E-state index < -0.39 is 0 Å². The number of aryl methyl sites for hydroxylation is 2. The van der Waals surface area contributed by atoms with Crippen LogP contribution in [0.25, 0.3) is 139 Å². The Morgan fingerprint density at radius 1 is 0.239 bits per heavy atom. The van der Waals surface area contributed by atoms with Crippen molar-refractivity contribution in [3.63, 3.8) is 0 Å². The molecule has 6 heteroatoms. The van der Waals surface area contributed by atoms with Crippen LogP contribution in [0.1, 0.15) is 74.9 Å². The maximum absolute atomic E-state index is 3.98. The number of benzene rings is 10. The molecule has 0 amide bonds. The third-order valence-electron chi connectivity index (χ3n) is 18.0. The van der Waals surface area contributed by atoms with Crippen molar-refractivity contribution >= 4 is 108 Å². The van der Waals surface area contributed by atoms with Crippen molar-refractivity contribution in [3.05, 3.63) is 259 Å². The summed E-state index contributed by atoms with van der Waals surface area (Å²) in [5.74, 6) is 0. The van der Waals surface area contributed by atoms with Crippen molar-refractivity contribution in [2.45, 2.75) is 80.1 Å². The van der Waals surface area contributed by atoms with E-state index in [9.17, 15) is 0 Å². The normalized spacial score (nSPS) is 11.7. The predicted octanol–water partition coefficient (Wildman–Crippen LogP) is 27.0. The molecule has 4 aromatic heterocycles. The molecule has 0 unspecified atom stereocenters. The number of hydrogen-bond acceptors (Lipinski definition) is 4. The van der Waals surface area contributed by atoms with Crippen LogP contribution < -0.4 is 0 Å². The molecule has 0 radical (unpaired) electrons. The van der Waals surface area contributed by atoms with Crippen LogP contribution >= 0.6 is 77.2 Å². The smallest absolute Gasteiger partial charge is 0.0705 e. The first-order chi connectivity index (χ1) is 43.3. The van der Waals surface area contributed by atoms with Crippen molar-refractivity contribution in [2.24, 2.45) is 0 Å². The molecule has 88 heavy (non-hydrogen) atoms. The molecule has 0 aliphatic carbocycles. The maximum Gasteiger partial charge on any atom is 0.0705 e. The molecule has 0 atom stereocenters. The quantitative estimate of drug-likeness (QED) is 0.0904. The summed E-state index contributed by atoms with van der Waals surface area (Å²) in [6.07, 6.45) is 5.20. The maximum atomic E-state index is 3.98. The van der Waals surface area contributed by atoms with Crippen molar-refractivity contribution in [1.29, 1.82) is 0 Å². The zero-order valence-electron chi connectivity index (χ0n) is 50.4. The van der Waals surface area contributed by atoms with Gasteiger partial charge in [-0.1, -0.05) is 224 Å². The summed E-state index contributed by atoms with van der Waals surface area (Å²) >= 11 is 15.7. The number of fused-ring (bicyclic) bond motifs is 6. The van der Waals surface area contributed by atoms with Crippen LogP contribution in [-0.4, -0.2) is 0 Å². The van der Waals surface area contributed by atoms with Gasteiger partial charge in [0.15, 0.2) is 0 Å². The number of thiophene rings is 4. The zero-order valence-corrected chi connectivity index (χ0v) is 56.9. The average molecular weight is 1340 g/mol. The Morgan fingerprint density at radius 3 is 0.682 bits per heavy atom. The van der Waals surface area contributed by atoms with E-state index in [4.69, 9.17) is 0 Å². The predicted molar refractivity (Wildman–Crippen MR) is 396 cm³/mol. The highest BCUT2D eigenvalue weighted by Gasteiger charge is 2.33. The van der Waals surface area contributed by atoms with Gasteiger partial charge >= 0.3 is 0 Å². The van der Waals surface area contributed by atoms with Crippen LogP contribution in [0, 0.1) is 0 Å². The molecular weight excluding hydrogens is 1270 g/mol. The minimum atomic E-state index is 0.860. The summed E-state index contributed by atoms with van der Waals surface area (Å²) in [6.45, 7) is 14.3. The van der Waals surface area contributed by atoms with Gasteiger partial charge in [-0.25, -0.2) is 0 Å². The average Bonchev–Trinajstić information content (AvgIpc) is 1.49. The Hall–Kier alpha value is -7.26. The molecule has 0 N–H and O–H groups in total. The Morgan fingerprint density at radius 2 is 0.466 bits per heavy atom. The van der Waals surface area contributed by atoms with Crippen LogP contribution in [0.2, 0.25) is 0 Å². The minimum absolute atomic E-state index is 0.860. The summed E-state index contributed by atoms with van der Waals surface area (Å²) < 4.78 is 5.01. The van der Waals surface area contributed by atoms with Crippen LogP contribution in [0.15, 0.2) is 226 Å². The van der Waals surface area contributed by atoms with Gasteiger partial charge in [-0.2, -0.15) is 0 Å². The van der Waals surface area contributed by atoms with Gasteiger partial charge in [0.1, 0.15) is 0 Å². The molecule has 0 saturated heterocycles. The van der Waals surface area contributed by atoms with Crippen LogP contribution in [0.4, 0.5) is 0 Å². The third-order valence-corrected chi connectivity index (χ3v) is 23.6. The first-order valence-electron chi connectivity index (χ1n) is 31.1. The highest BCUT2D eigenvalue weighted by molar-refractivity contribution is 9.11. The number of rotatable bonds is 16. The van der Waals surface area contributed by atoms with Gasteiger partial charge in [-0.15, -0.1) is 45.3 Å². The second-order valence-electron chi connectivity index (χ2n) is 22.6. The lowest BCUT2D eigenvalue weighted by Gasteiger charge is -2.26. The summed E-state index contributed by atoms with van der Waals surface area (Å²) in [5, 5.41) is 5.47. The van der Waals surface area contributed by atoms with E-state index in [0.29, 0.717) is 0 Å². The highest BCUT2D eigenvalue weighted by Crippen LogP contribution is 2.59. The first kappa shape index (κ1) is 58.4. The minimum Gasteiger partial charge on any atom is -0.134 e. The van der Waals surface area contributed by atoms with E-state index in [2.05, 4.69) is 292 Å². The van der Waals surface area contributed by atoms with E-state index in [1.807, 2.05) is 45.3 Å². The van der Waals surface area contributed by atoms with Gasteiger partial charge < -0.3 is 0 Å². The van der Waals surface area contributed by atoms with Gasteiger partial charge in [-0.05, 0) is 207 Å². The Bertz CT molecular complexity index is 4580. The fourth-order valence-corrected chi connectivity index (χ4v) is 20.1. The van der Waals surface area contributed by atoms with E-state index >= 15 is 0 Å². The first-order valence-corrected chi connectivity index (χ1v) is 35.9. The van der Waals surface area contributed by atoms with Crippen molar-refractivity contribution < 1.29 is 0 Å². The van der Waals surface area contributed by atoms with E-state index in [0.717, 1.165) is 46.1 Å². The van der Waals surface area contributed by atoms with Crippen molar-refractivity contribution in [3.8, 4) is 109 Å². The Labute approximate surface area is 551 Å². The van der Waals surface area contributed by atoms with E-state index in [-0.39, 0.29) is 0 Å². The largest absolute Gasteiger partial charge is 0.134 e. The zero-order chi connectivity index (χ0) is 60.2. The molecule has 0 saturated carbocycles. The molecule has 0 aliphatic rings. The SMILES string of the molecule is CCc1c(-c2ccccc2)c(-c2ccccc2)c(CC)c(-c2cc3c4cc(-c5c(CC)c(-c6ccccc6)c(-c6ccccc6)c(CC)c5-c5ccc(Br)s5)sc4c4c(CC)c(-c5ccccc5)c(-c5ccccc5)c(CC)c4c3s2)c1-c1ccc(Br)s1. The highest BCUT2D eigenvalue weighted by atomic mass is 79.9. The monoisotopic (exact) mass is 1340 g/mol. The van der Waals surface area contributed by atoms with Gasteiger partial charge in [0.05, 0.1) is 7.57 Å². The molecule has 14 rings (SSSR count). The fourth-order valence-electron chi connectivity index (χ4n) is 14.5. The molecule has 14 aromatic rings. The Balaban J connectivity index is 1.21. The van der Waals surface area contributed by atoms with E-state index in [1.54, 1.807) is 0 Å². The Kier molecular flexibility index (Phi) is 16.6. The molecule has 0 nitrogen and oxygen atoms in total. The number of hydrogen-bond donors (Lipinski definition) is 0. The lowest BCUT2D eigenvalue weighted by molar-refractivity contribution is 1.11. The summed E-state index contributed by atoms with van der Waals surface area (Å²) in [7, 11) is 0. The van der Waals surface area contributed by atoms with Crippen LogP contribution in [0.5, 0.6) is 0 Å². The van der Waals surface area contributed by atoms with Gasteiger partial charge in [0, 0.05) is 72.7 Å².